The van der Waals surface area contributed by atoms with Crippen molar-refractivity contribution in [2.45, 2.75) is 0 Å². The molecule has 0 aliphatic heterocycles. The zero-order chi connectivity index (χ0) is 13.8. The fourth-order valence-corrected chi connectivity index (χ4v) is 1.28. The number of halogens is 1. The van der Waals surface area contributed by atoms with Crippen molar-refractivity contribution in [3.8, 4) is 0 Å². The van der Waals surface area contributed by atoms with Crippen LogP contribution in [0.2, 0.25) is 0 Å². The van der Waals surface area contributed by atoms with E-state index in [4.69, 9.17) is 0 Å². The zero-order valence-electron chi connectivity index (χ0n) is 12.0. The van der Waals surface area contributed by atoms with Gasteiger partial charge >= 0.3 is 26.2 Å². The predicted molar refractivity (Wildman–Crippen MR) is 83.8 cm³/mol. The van der Waals surface area contributed by atoms with Gasteiger partial charge in [-0.25, -0.2) is 12.1 Å². The van der Waals surface area contributed by atoms with Crippen molar-refractivity contribution >= 4 is 0 Å². The van der Waals surface area contributed by atoms with Crippen molar-refractivity contribution in [1.29, 1.82) is 0 Å². The molecule has 0 unspecified atom stereocenters. The first kappa shape index (κ1) is 22.0. The third-order valence-corrected chi connectivity index (χ3v) is 2.24. The van der Waals surface area contributed by atoms with Gasteiger partial charge in [-0.1, -0.05) is 12.1 Å². The Labute approximate surface area is 154 Å². The van der Waals surface area contributed by atoms with Crippen LogP contribution in [0, 0.1) is 13.8 Å². The summed E-state index contributed by atoms with van der Waals surface area (Å²) in [6.07, 6.45) is 0. The molecule has 106 valence electrons. The molecule has 2 heteroatoms. The van der Waals surface area contributed by atoms with Crippen LogP contribution in [0.25, 0.3) is 0 Å². The second-order valence-corrected chi connectivity index (χ2v) is 3.93. The molecule has 0 aliphatic carbocycles. The van der Waals surface area contributed by atoms with Gasteiger partial charge in [0.05, 0.1) is 0 Å². The van der Waals surface area contributed by atoms with E-state index < -0.39 is 0 Å². The van der Waals surface area contributed by atoms with Crippen LogP contribution < -0.4 is 12.4 Å². The largest absolute Gasteiger partial charge is 4.00 e. The summed E-state index contributed by atoms with van der Waals surface area (Å²) in [5, 5.41) is 0. The van der Waals surface area contributed by atoms with E-state index in [2.05, 4.69) is 13.8 Å². The van der Waals surface area contributed by atoms with Gasteiger partial charge < -0.3 is 12.4 Å². The summed E-state index contributed by atoms with van der Waals surface area (Å²) in [4.78, 5) is 0. The van der Waals surface area contributed by atoms with Gasteiger partial charge in [-0.3, -0.25) is 0 Å². The van der Waals surface area contributed by atoms with Crippen molar-refractivity contribution < 1.29 is 38.6 Å². The minimum absolute atomic E-state index is 0. The van der Waals surface area contributed by atoms with Gasteiger partial charge in [0, 0.05) is 0 Å². The van der Waals surface area contributed by atoms with Crippen LogP contribution >= 0.6 is 0 Å². The molecule has 21 heavy (non-hydrogen) atoms. The minimum Gasteiger partial charge on any atom is -1.00 e. The van der Waals surface area contributed by atoms with Crippen molar-refractivity contribution in [2.24, 2.45) is 0 Å². The summed E-state index contributed by atoms with van der Waals surface area (Å²) in [7, 11) is 0. The summed E-state index contributed by atoms with van der Waals surface area (Å²) >= 11 is 0. The minimum atomic E-state index is 0. The molecule has 0 N–H and O–H groups in total. The van der Waals surface area contributed by atoms with Gasteiger partial charge in [0.25, 0.3) is 0 Å². The van der Waals surface area contributed by atoms with Crippen LogP contribution in [0.1, 0.15) is 11.1 Å². The second-order valence-electron chi connectivity index (χ2n) is 3.93. The van der Waals surface area contributed by atoms with Crippen LogP contribution in [0.15, 0.2) is 91.0 Å². The fraction of sp³-hybridized carbons (Fsp3) is 0. The van der Waals surface area contributed by atoms with Gasteiger partial charge in [-0.15, -0.1) is 24.3 Å². The average molecular weight is 374 g/mol. The molecule has 3 rings (SSSR count). The fourth-order valence-electron chi connectivity index (χ4n) is 1.28. The van der Waals surface area contributed by atoms with E-state index >= 15 is 0 Å². The molecule has 0 bridgehead atoms. The third-order valence-electron chi connectivity index (χ3n) is 2.24. The molecule has 0 fully saturated rings. The standard InChI is InChI=1S/2C7H7.C5H5.ClH.Zr/c2*1-7-5-3-2-4-6-7;1-2-4-5-3-1;;/h2*2-6H,1H2;1-5H;1H;/q3*-1;;+4/p-1. The maximum Gasteiger partial charge on any atom is 4.00 e. The maximum atomic E-state index is 3.72. The van der Waals surface area contributed by atoms with Gasteiger partial charge in [0.2, 0.25) is 0 Å². The van der Waals surface area contributed by atoms with E-state index in [0.717, 1.165) is 11.1 Å². The van der Waals surface area contributed by atoms with Gasteiger partial charge in [-0.2, -0.15) is 67.4 Å². The molecule has 0 aliphatic rings. The van der Waals surface area contributed by atoms with Crippen molar-refractivity contribution in [2.75, 3.05) is 0 Å². The first-order valence-corrected chi connectivity index (χ1v) is 6.20. The van der Waals surface area contributed by atoms with Crippen molar-refractivity contribution in [3.63, 3.8) is 0 Å². The topological polar surface area (TPSA) is 0 Å². The molecular formula is C19H19ClZr. The number of rotatable bonds is 0. The maximum absolute atomic E-state index is 3.72. The van der Waals surface area contributed by atoms with Gasteiger partial charge in [0.15, 0.2) is 0 Å². The number of benzene rings is 2. The Morgan fingerprint density at radius 1 is 0.571 bits per heavy atom. The molecular weight excluding hydrogens is 355 g/mol. The van der Waals surface area contributed by atoms with Gasteiger partial charge in [0.1, 0.15) is 0 Å². The summed E-state index contributed by atoms with van der Waals surface area (Å²) in [5.41, 5.74) is 2.14. The monoisotopic (exact) mass is 372 g/mol. The van der Waals surface area contributed by atoms with E-state index in [1.165, 1.54) is 0 Å². The molecule has 0 amide bonds. The molecule has 0 spiro atoms. The smallest absolute Gasteiger partial charge is 1.00 e. The molecule has 0 nitrogen and oxygen atoms in total. The quantitative estimate of drug-likeness (QED) is 0.530. The summed E-state index contributed by atoms with van der Waals surface area (Å²) in [6.45, 7) is 7.44. The summed E-state index contributed by atoms with van der Waals surface area (Å²) in [6, 6.07) is 29.7. The SMILES string of the molecule is [CH2-]c1ccccc1.[CH2-]c1ccccc1.[Cl-].[Zr+4].c1cc[cH-]c1. The van der Waals surface area contributed by atoms with Crippen LogP contribution in [-0.4, -0.2) is 0 Å². The predicted octanol–water partition coefficient (Wildman–Crippen LogP) is 2.14. The number of hydrogen-bond donors (Lipinski definition) is 0. The molecule has 3 aromatic rings. The molecule has 0 saturated heterocycles. The first-order chi connectivity index (χ1) is 9.29. The Balaban J connectivity index is 0. The average Bonchev–Trinajstić information content (AvgIpc) is 3.00. The Bertz CT molecular complexity index is 449. The summed E-state index contributed by atoms with van der Waals surface area (Å²) < 4.78 is 0. The van der Waals surface area contributed by atoms with Crippen molar-refractivity contribution in [1.82, 2.24) is 0 Å². The Kier molecular flexibility index (Phi) is 15.8. The summed E-state index contributed by atoms with van der Waals surface area (Å²) in [5.74, 6) is 0. The van der Waals surface area contributed by atoms with Crippen molar-refractivity contribution in [3.05, 3.63) is 116 Å². The van der Waals surface area contributed by atoms with E-state index in [1.807, 2.05) is 91.0 Å². The van der Waals surface area contributed by atoms with E-state index in [-0.39, 0.29) is 38.6 Å². The first-order valence-electron chi connectivity index (χ1n) is 6.20. The Morgan fingerprint density at radius 2 is 0.905 bits per heavy atom. The molecule has 3 aromatic carbocycles. The molecule has 0 radical (unpaired) electrons. The third kappa shape index (κ3) is 13.4. The molecule has 0 atom stereocenters. The molecule has 0 aromatic heterocycles. The van der Waals surface area contributed by atoms with Crippen LogP contribution in [0.4, 0.5) is 0 Å². The molecule has 0 saturated carbocycles. The molecule has 0 heterocycles. The van der Waals surface area contributed by atoms with Gasteiger partial charge in [-0.05, 0) is 0 Å². The van der Waals surface area contributed by atoms with E-state index in [9.17, 15) is 0 Å². The Hall–Kier alpha value is -1.30. The number of hydrogen-bond acceptors (Lipinski definition) is 0. The van der Waals surface area contributed by atoms with E-state index in [1.54, 1.807) is 0 Å². The zero-order valence-corrected chi connectivity index (χ0v) is 15.2. The van der Waals surface area contributed by atoms with E-state index in [0.29, 0.717) is 0 Å². The van der Waals surface area contributed by atoms with Crippen LogP contribution in [-0.2, 0) is 26.2 Å². The second kappa shape index (κ2) is 15.1. The Morgan fingerprint density at radius 3 is 1.05 bits per heavy atom. The van der Waals surface area contributed by atoms with Crippen LogP contribution in [0.5, 0.6) is 0 Å². The normalized spacial score (nSPS) is 7.62. The van der Waals surface area contributed by atoms with Crippen LogP contribution in [0.3, 0.4) is 0 Å².